The monoisotopic (exact) mass is 378 g/mol. The highest BCUT2D eigenvalue weighted by molar-refractivity contribution is 7.99. The van der Waals surface area contributed by atoms with Gasteiger partial charge in [0, 0.05) is 11.1 Å². The van der Waals surface area contributed by atoms with Crippen LogP contribution in [0.2, 0.25) is 5.02 Å². The summed E-state index contributed by atoms with van der Waals surface area (Å²) in [6, 6.07) is 3.93. The van der Waals surface area contributed by atoms with Crippen molar-refractivity contribution in [2.24, 2.45) is 0 Å². The van der Waals surface area contributed by atoms with E-state index in [0.29, 0.717) is 0 Å². The van der Waals surface area contributed by atoms with Crippen LogP contribution in [-0.2, 0) is 11.0 Å². The Balaban J connectivity index is 2.10. The largest absolute Gasteiger partial charge is 0.418 e. The number of benzene rings is 1. The first kappa shape index (κ1) is 18.1. The highest BCUT2D eigenvalue weighted by Gasteiger charge is 2.33. The van der Waals surface area contributed by atoms with E-state index < -0.39 is 28.9 Å². The molecule has 6 nitrogen and oxygen atoms in total. The lowest BCUT2D eigenvalue weighted by molar-refractivity contribution is -0.137. The van der Waals surface area contributed by atoms with Gasteiger partial charge in [0.05, 0.1) is 17.0 Å². The van der Waals surface area contributed by atoms with E-state index in [1.807, 2.05) is 0 Å². The molecule has 0 unspecified atom stereocenters. The molecule has 2 rings (SSSR count). The third kappa shape index (κ3) is 4.90. The Morgan fingerprint density at radius 2 is 2.08 bits per heavy atom. The minimum Gasteiger partial charge on any atom is -0.383 e. The molecule has 128 valence electrons. The van der Waals surface area contributed by atoms with Crippen LogP contribution in [0.25, 0.3) is 0 Å². The highest BCUT2D eigenvalue weighted by Crippen LogP contribution is 2.36. The van der Waals surface area contributed by atoms with Gasteiger partial charge in [0.2, 0.25) is 5.91 Å². The van der Waals surface area contributed by atoms with E-state index in [2.05, 4.69) is 15.3 Å². The Bertz CT molecular complexity index is 826. The van der Waals surface area contributed by atoms with Gasteiger partial charge in [-0.3, -0.25) is 9.59 Å². The van der Waals surface area contributed by atoms with E-state index in [1.54, 1.807) is 0 Å². The number of hydrogen-bond acceptors (Lipinski definition) is 5. The van der Waals surface area contributed by atoms with Crippen LogP contribution >= 0.6 is 23.4 Å². The van der Waals surface area contributed by atoms with Gasteiger partial charge in [-0.2, -0.15) is 13.2 Å². The van der Waals surface area contributed by atoms with Gasteiger partial charge >= 0.3 is 6.18 Å². The van der Waals surface area contributed by atoms with Gasteiger partial charge in [-0.25, -0.2) is 4.98 Å². The third-order valence-corrected chi connectivity index (χ3v) is 3.75. The molecule has 0 saturated carbocycles. The number of anilines is 2. The first-order valence-electron chi connectivity index (χ1n) is 6.31. The Hall–Kier alpha value is -2.20. The second-order valence-corrected chi connectivity index (χ2v) is 5.90. The number of nitrogens with zero attached hydrogens (tertiary/aromatic N) is 1. The van der Waals surface area contributed by atoms with Crippen molar-refractivity contribution in [3.8, 4) is 0 Å². The van der Waals surface area contributed by atoms with Crippen molar-refractivity contribution in [2.75, 3.05) is 16.8 Å². The van der Waals surface area contributed by atoms with Gasteiger partial charge < -0.3 is 16.0 Å². The van der Waals surface area contributed by atoms with Gasteiger partial charge in [-0.1, -0.05) is 23.4 Å². The lowest BCUT2D eigenvalue weighted by Gasteiger charge is -2.14. The molecule has 0 fully saturated rings. The number of nitrogens with one attached hydrogen (secondary N) is 2. The fourth-order valence-corrected chi connectivity index (χ4v) is 2.56. The van der Waals surface area contributed by atoms with Crippen LogP contribution in [0.3, 0.4) is 0 Å². The van der Waals surface area contributed by atoms with Crippen molar-refractivity contribution in [2.45, 2.75) is 11.3 Å². The number of halogens is 4. The maximum atomic E-state index is 12.9. The second kappa shape index (κ2) is 7.14. The maximum Gasteiger partial charge on any atom is 0.418 e. The van der Waals surface area contributed by atoms with Crippen molar-refractivity contribution in [3.05, 3.63) is 45.2 Å². The average molecular weight is 379 g/mol. The van der Waals surface area contributed by atoms with Crippen LogP contribution in [0, 0.1) is 0 Å². The first-order valence-corrected chi connectivity index (χ1v) is 7.68. The lowest BCUT2D eigenvalue weighted by Crippen LogP contribution is -2.19. The van der Waals surface area contributed by atoms with Gasteiger partial charge in [0.1, 0.15) is 5.82 Å². The molecule has 1 aromatic carbocycles. The number of nitrogen functional groups attached to an aromatic ring is 1. The molecule has 11 heteroatoms. The Morgan fingerprint density at radius 3 is 2.71 bits per heavy atom. The van der Waals surface area contributed by atoms with Gasteiger partial charge in [0.25, 0.3) is 5.56 Å². The van der Waals surface area contributed by atoms with Crippen LogP contribution in [0.1, 0.15) is 5.56 Å². The number of amides is 1. The van der Waals surface area contributed by atoms with E-state index >= 15 is 0 Å². The Morgan fingerprint density at radius 1 is 1.38 bits per heavy atom. The standard InChI is InChI=1S/C13H10ClF3N4O2S/c14-6-1-2-7(13(15,16)17)8(3-6)19-11(23)5-24-12-20-9(18)4-10(22)21-12/h1-4H,5H2,(H,19,23)(H3,18,20,21,22). The van der Waals surface area contributed by atoms with Crippen LogP contribution in [0.4, 0.5) is 24.7 Å². The zero-order valence-corrected chi connectivity index (χ0v) is 13.4. The number of nitrogens with two attached hydrogens (primary N) is 1. The molecule has 4 N–H and O–H groups in total. The molecule has 0 radical (unpaired) electrons. The number of alkyl halides is 3. The molecule has 1 aromatic heterocycles. The normalized spacial score (nSPS) is 11.3. The van der Waals surface area contributed by atoms with Crippen molar-refractivity contribution in [1.29, 1.82) is 0 Å². The summed E-state index contributed by atoms with van der Waals surface area (Å²) in [6.07, 6.45) is -4.64. The molecule has 0 aliphatic heterocycles. The van der Waals surface area contributed by atoms with E-state index in [0.717, 1.165) is 36.0 Å². The number of thioether (sulfide) groups is 1. The van der Waals surface area contributed by atoms with E-state index in [4.69, 9.17) is 17.3 Å². The molecule has 0 aliphatic carbocycles. The maximum absolute atomic E-state index is 12.9. The summed E-state index contributed by atoms with van der Waals surface area (Å²) in [4.78, 5) is 29.2. The SMILES string of the molecule is Nc1cc(=O)[nH]c(SCC(=O)Nc2cc(Cl)ccc2C(F)(F)F)n1. The molecule has 1 amide bonds. The highest BCUT2D eigenvalue weighted by atomic mass is 35.5. The molecule has 0 bridgehead atoms. The van der Waals surface area contributed by atoms with Crippen LogP contribution < -0.4 is 16.6 Å². The summed E-state index contributed by atoms with van der Waals surface area (Å²) in [6.45, 7) is 0. The number of aromatic amines is 1. The fourth-order valence-electron chi connectivity index (χ4n) is 1.71. The van der Waals surface area contributed by atoms with Gasteiger partial charge in [-0.15, -0.1) is 0 Å². The summed E-state index contributed by atoms with van der Waals surface area (Å²) in [5.74, 6) is -1.04. The zero-order chi connectivity index (χ0) is 17.9. The van der Waals surface area contributed by atoms with Crippen LogP contribution in [0.5, 0.6) is 0 Å². The second-order valence-electron chi connectivity index (χ2n) is 4.50. The fraction of sp³-hybridized carbons (Fsp3) is 0.154. The molecule has 0 spiro atoms. The van der Waals surface area contributed by atoms with Crippen molar-refractivity contribution < 1.29 is 18.0 Å². The molecular weight excluding hydrogens is 369 g/mol. The number of rotatable bonds is 4. The Kier molecular flexibility index (Phi) is 5.40. The van der Waals surface area contributed by atoms with Gasteiger partial charge in [0.15, 0.2) is 5.16 Å². The molecule has 0 saturated heterocycles. The summed E-state index contributed by atoms with van der Waals surface area (Å²) in [5, 5.41) is 2.27. The van der Waals surface area contributed by atoms with E-state index in [1.165, 1.54) is 0 Å². The minimum absolute atomic E-state index is 0.0316. The average Bonchev–Trinajstić information content (AvgIpc) is 2.43. The van der Waals surface area contributed by atoms with Crippen molar-refractivity contribution in [3.63, 3.8) is 0 Å². The minimum atomic E-state index is -4.64. The number of H-pyrrole nitrogens is 1. The summed E-state index contributed by atoms with van der Waals surface area (Å²) < 4.78 is 38.7. The summed E-state index contributed by atoms with van der Waals surface area (Å²) >= 11 is 6.49. The number of carbonyl (C=O) groups is 1. The third-order valence-electron chi connectivity index (χ3n) is 2.64. The number of hydrogen-bond donors (Lipinski definition) is 3. The zero-order valence-electron chi connectivity index (χ0n) is 11.8. The molecule has 1 heterocycles. The van der Waals surface area contributed by atoms with Crippen molar-refractivity contribution >= 4 is 40.8 Å². The summed E-state index contributed by atoms with van der Waals surface area (Å²) in [5.41, 5.74) is 3.43. The molecule has 2 aromatic rings. The number of carbonyl (C=O) groups excluding carboxylic acids is 1. The first-order chi connectivity index (χ1) is 11.1. The van der Waals surface area contributed by atoms with E-state index in [9.17, 15) is 22.8 Å². The predicted molar refractivity (Wildman–Crippen MR) is 85.1 cm³/mol. The predicted octanol–water partition coefficient (Wildman–Crippen LogP) is 2.76. The van der Waals surface area contributed by atoms with E-state index in [-0.39, 0.29) is 21.7 Å². The molecule has 0 aliphatic rings. The van der Waals surface area contributed by atoms with Crippen LogP contribution in [0.15, 0.2) is 34.2 Å². The smallest absolute Gasteiger partial charge is 0.383 e. The topological polar surface area (TPSA) is 101 Å². The quantitative estimate of drug-likeness (QED) is 0.561. The number of aromatic nitrogens is 2. The van der Waals surface area contributed by atoms with Gasteiger partial charge in [-0.05, 0) is 18.2 Å². The Labute approximate surface area is 142 Å². The molecule has 0 atom stereocenters. The molecular formula is C13H10ClF3N4O2S. The lowest BCUT2D eigenvalue weighted by atomic mass is 10.1. The van der Waals surface area contributed by atoms with Crippen LogP contribution in [-0.4, -0.2) is 21.6 Å². The summed E-state index contributed by atoms with van der Waals surface area (Å²) in [7, 11) is 0. The van der Waals surface area contributed by atoms with Crippen molar-refractivity contribution in [1.82, 2.24) is 9.97 Å². The molecule has 24 heavy (non-hydrogen) atoms.